The smallest absolute Gasteiger partial charge is 0.290 e. The number of nitrogens with one attached hydrogen (secondary N) is 1. The molecule has 1 fully saturated rings. The summed E-state index contributed by atoms with van der Waals surface area (Å²) >= 11 is 0. The Morgan fingerprint density at radius 3 is 2.89 bits per heavy atom. The van der Waals surface area contributed by atoms with Gasteiger partial charge < -0.3 is 9.84 Å². The highest BCUT2D eigenvalue weighted by Crippen LogP contribution is 2.27. The largest absolute Gasteiger partial charge is 0.351 e. The number of hydrogen-bond donors (Lipinski definition) is 1. The molecule has 0 aromatic carbocycles. The lowest BCUT2D eigenvalue weighted by atomic mass is 9.94. The summed E-state index contributed by atoms with van der Waals surface area (Å²) < 4.78 is 5.32. The fourth-order valence-corrected chi connectivity index (χ4v) is 3.55. The van der Waals surface area contributed by atoms with Crippen molar-refractivity contribution in [2.75, 3.05) is 13.1 Å². The SMILES string of the molecule is O=C(NCc1ccncc1)c1cc([C@H]2CCCN(Cc3cccnc3)C2)no1. The molecule has 4 rings (SSSR count). The molecule has 3 aromatic rings. The van der Waals surface area contributed by atoms with Gasteiger partial charge in [-0.2, -0.15) is 0 Å². The number of rotatable bonds is 6. The first-order chi connectivity index (χ1) is 13.8. The minimum Gasteiger partial charge on any atom is -0.351 e. The number of carbonyl (C=O) groups is 1. The molecule has 28 heavy (non-hydrogen) atoms. The van der Waals surface area contributed by atoms with Crippen molar-refractivity contribution in [2.45, 2.75) is 31.8 Å². The molecule has 7 nitrogen and oxygen atoms in total. The fraction of sp³-hybridized carbons (Fsp3) is 0.333. The molecule has 0 spiro atoms. The lowest BCUT2D eigenvalue weighted by Crippen LogP contribution is -2.34. The van der Waals surface area contributed by atoms with Gasteiger partial charge in [0.15, 0.2) is 0 Å². The zero-order valence-electron chi connectivity index (χ0n) is 15.6. The molecule has 0 radical (unpaired) electrons. The van der Waals surface area contributed by atoms with Crippen LogP contribution in [-0.4, -0.2) is 39.0 Å². The van der Waals surface area contributed by atoms with E-state index in [1.165, 1.54) is 5.56 Å². The van der Waals surface area contributed by atoms with Gasteiger partial charge in [0.2, 0.25) is 5.76 Å². The summed E-state index contributed by atoms with van der Waals surface area (Å²) in [4.78, 5) is 22.9. The minimum absolute atomic E-state index is 0.251. The molecule has 3 aromatic heterocycles. The minimum atomic E-state index is -0.251. The average molecular weight is 377 g/mol. The first-order valence-corrected chi connectivity index (χ1v) is 9.53. The van der Waals surface area contributed by atoms with Crippen LogP contribution in [0.1, 0.15) is 46.1 Å². The molecule has 144 valence electrons. The van der Waals surface area contributed by atoms with Crippen molar-refractivity contribution in [1.29, 1.82) is 0 Å². The normalized spacial score (nSPS) is 17.4. The Morgan fingerprint density at radius 2 is 2.07 bits per heavy atom. The second-order valence-electron chi connectivity index (χ2n) is 7.09. The van der Waals surface area contributed by atoms with Gasteiger partial charge in [-0.3, -0.25) is 19.7 Å². The summed E-state index contributed by atoms with van der Waals surface area (Å²) in [6.45, 7) is 3.27. The van der Waals surface area contributed by atoms with Crippen molar-refractivity contribution in [3.8, 4) is 0 Å². The monoisotopic (exact) mass is 377 g/mol. The van der Waals surface area contributed by atoms with Gasteiger partial charge in [-0.1, -0.05) is 11.2 Å². The van der Waals surface area contributed by atoms with E-state index in [1.54, 1.807) is 24.7 Å². The highest BCUT2D eigenvalue weighted by Gasteiger charge is 2.25. The van der Waals surface area contributed by atoms with Crippen LogP contribution in [0.5, 0.6) is 0 Å². The van der Waals surface area contributed by atoms with Crippen molar-refractivity contribution < 1.29 is 9.32 Å². The van der Waals surface area contributed by atoms with E-state index in [0.29, 0.717) is 6.54 Å². The molecular formula is C21H23N5O2. The van der Waals surface area contributed by atoms with Gasteiger partial charge in [0.05, 0.1) is 5.69 Å². The summed E-state index contributed by atoms with van der Waals surface area (Å²) in [6, 6.07) is 9.57. The summed E-state index contributed by atoms with van der Waals surface area (Å²) in [5.74, 6) is 0.281. The number of amides is 1. The second-order valence-corrected chi connectivity index (χ2v) is 7.09. The van der Waals surface area contributed by atoms with Crippen molar-refractivity contribution in [3.05, 3.63) is 77.7 Å². The number of likely N-dealkylation sites (tertiary alicyclic amines) is 1. The van der Waals surface area contributed by atoms with Gasteiger partial charge in [0.25, 0.3) is 5.91 Å². The zero-order chi connectivity index (χ0) is 19.2. The van der Waals surface area contributed by atoms with Crippen molar-refractivity contribution in [1.82, 2.24) is 25.3 Å². The van der Waals surface area contributed by atoms with E-state index in [1.807, 2.05) is 24.4 Å². The molecule has 0 aliphatic carbocycles. The third-order valence-corrected chi connectivity index (χ3v) is 5.01. The van der Waals surface area contributed by atoms with Crippen LogP contribution in [0.15, 0.2) is 59.6 Å². The van der Waals surface area contributed by atoms with E-state index in [2.05, 4.69) is 31.4 Å². The number of nitrogens with zero attached hydrogens (tertiary/aromatic N) is 4. The van der Waals surface area contributed by atoms with Gasteiger partial charge in [0, 0.05) is 56.4 Å². The molecular weight excluding hydrogens is 354 g/mol. The van der Waals surface area contributed by atoms with E-state index in [-0.39, 0.29) is 17.6 Å². The number of aromatic nitrogens is 3. The summed E-state index contributed by atoms with van der Waals surface area (Å²) in [7, 11) is 0. The maximum absolute atomic E-state index is 12.3. The third-order valence-electron chi connectivity index (χ3n) is 5.01. The van der Waals surface area contributed by atoms with Gasteiger partial charge in [-0.25, -0.2) is 0 Å². The van der Waals surface area contributed by atoms with Crippen LogP contribution < -0.4 is 5.32 Å². The van der Waals surface area contributed by atoms with Crippen molar-refractivity contribution in [3.63, 3.8) is 0 Å². The van der Waals surface area contributed by atoms with E-state index < -0.39 is 0 Å². The second kappa shape index (κ2) is 8.75. The Balaban J connectivity index is 1.34. The molecule has 1 aliphatic rings. The van der Waals surface area contributed by atoms with Crippen LogP contribution in [0.4, 0.5) is 0 Å². The molecule has 0 saturated carbocycles. The van der Waals surface area contributed by atoms with Crippen LogP contribution in [0.2, 0.25) is 0 Å². The van der Waals surface area contributed by atoms with E-state index in [4.69, 9.17) is 4.52 Å². The lowest BCUT2D eigenvalue weighted by Gasteiger charge is -2.31. The zero-order valence-corrected chi connectivity index (χ0v) is 15.6. The van der Waals surface area contributed by atoms with Gasteiger partial charge in [-0.15, -0.1) is 0 Å². The molecule has 7 heteroatoms. The predicted molar refractivity (Wildman–Crippen MR) is 103 cm³/mol. The first-order valence-electron chi connectivity index (χ1n) is 9.53. The predicted octanol–water partition coefficient (Wildman–Crippen LogP) is 2.77. The molecule has 1 N–H and O–H groups in total. The van der Waals surface area contributed by atoms with Gasteiger partial charge in [0.1, 0.15) is 0 Å². The molecule has 1 saturated heterocycles. The first kappa shape index (κ1) is 18.3. The van der Waals surface area contributed by atoms with Crippen LogP contribution in [0, 0.1) is 0 Å². The maximum atomic E-state index is 12.3. The van der Waals surface area contributed by atoms with E-state index in [0.717, 1.165) is 43.7 Å². The van der Waals surface area contributed by atoms with Gasteiger partial charge >= 0.3 is 0 Å². The van der Waals surface area contributed by atoms with Crippen LogP contribution in [0.3, 0.4) is 0 Å². The maximum Gasteiger partial charge on any atom is 0.290 e. The van der Waals surface area contributed by atoms with Crippen LogP contribution in [0.25, 0.3) is 0 Å². The van der Waals surface area contributed by atoms with Crippen molar-refractivity contribution >= 4 is 5.91 Å². The molecule has 4 heterocycles. The number of piperidine rings is 1. The standard InChI is InChI=1S/C21H23N5O2/c27-21(24-13-16-5-8-22-9-6-16)20-11-19(25-28-20)18-4-2-10-26(15-18)14-17-3-1-7-23-12-17/h1,3,5-9,11-12,18H,2,4,10,13-15H2,(H,24,27)/t18-/m0/s1. The number of pyridine rings is 2. The molecule has 0 bridgehead atoms. The molecule has 1 amide bonds. The summed E-state index contributed by atoms with van der Waals surface area (Å²) in [6.07, 6.45) is 9.25. The number of hydrogen-bond acceptors (Lipinski definition) is 6. The Morgan fingerprint density at radius 1 is 1.18 bits per heavy atom. The van der Waals surface area contributed by atoms with E-state index in [9.17, 15) is 4.79 Å². The molecule has 1 aliphatic heterocycles. The fourth-order valence-electron chi connectivity index (χ4n) is 3.55. The number of carbonyl (C=O) groups excluding carboxylic acids is 1. The Bertz CT molecular complexity index is 897. The Hall–Kier alpha value is -3.06. The van der Waals surface area contributed by atoms with Gasteiger partial charge in [-0.05, 0) is 48.7 Å². The van der Waals surface area contributed by atoms with Crippen molar-refractivity contribution in [2.24, 2.45) is 0 Å². The van der Waals surface area contributed by atoms with Crippen LogP contribution >= 0.6 is 0 Å². The highest BCUT2D eigenvalue weighted by atomic mass is 16.5. The lowest BCUT2D eigenvalue weighted by molar-refractivity contribution is 0.0913. The molecule has 0 unspecified atom stereocenters. The summed E-state index contributed by atoms with van der Waals surface area (Å²) in [5, 5.41) is 7.03. The van der Waals surface area contributed by atoms with E-state index >= 15 is 0 Å². The Kier molecular flexibility index (Phi) is 5.72. The quantitative estimate of drug-likeness (QED) is 0.711. The molecule has 1 atom stereocenters. The third kappa shape index (κ3) is 4.61. The highest BCUT2D eigenvalue weighted by molar-refractivity contribution is 5.91. The average Bonchev–Trinajstić information content (AvgIpc) is 3.24. The van der Waals surface area contributed by atoms with Crippen LogP contribution in [-0.2, 0) is 13.1 Å². The topological polar surface area (TPSA) is 84.2 Å². The Labute approximate surface area is 163 Å². The summed E-state index contributed by atoms with van der Waals surface area (Å²) in [5.41, 5.74) is 3.05.